The molecule has 0 aliphatic carbocycles. The van der Waals surface area contributed by atoms with Gasteiger partial charge in [0.1, 0.15) is 5.82 Å². The van der Waals surface area contributed by atoms with Crippen molar-refractivity contribution in [2.24, 2.45) is 10.9 Å². The predicted octanol–water partition coefficient (Wildman–Crippen LogP) is 3.34. The van der Waals surface area contributed by atoms with E-state index >= 15 is 0 Å². The Hall–Kier alpha value is -0.890. The fourth-order valence-corrected chi connectivity index (χ4v) is 2.50. The molecule has 0 amide bonds. The molecule has 138 valence electrons. The average molecular weight is 451 g/mol. The second kappa shape index (κ2) is 14.5. The van der Waals surface area contributed by atoms with Gasteiger partial charge in [0.05, 0.1) is 0 Å². The molecule has 0 saturated heterocycles. The molecule has 0 spiro atoms. The highest BCUT2D eigenvalue weighted by Crippen LogP contribution is 2.11. The standard InChI is InChI=1S/C18H30FN3O.HI/c1-3-7-15(11-13-23)14-22-18(20-4-2)21-12-10-16-8-5-6-9-17(16)19;/h5-6,8-9,15,23H,3-4,7,10-14H2,1-2H3,(H2,20,21,22);1H. The minimum Gasteiger partial charge on any atom is -0.396 e. The zero-order valence-electron chi connectivity index (χ0n) is 14.7. The van der Waals surface area contributed by atoms with Crippen LogP contribution >= 0.6 is 24.0 Å². The maximum absolute atomic E-state index is 13.6. The highest BCUT2D eigenvalue weighted by molar-refractivity contribution is 14.0. The Morgan fingerprint density at radius 3 is 2.58 bits per heavy atom. The predicted molar refractivity (Wildman–Crippen MR) is 110 cm³/mol. The van der Waals surface area contributed by atoms with E-state index in [2.05, 4.69) is 22.5 Å². The highest BCUT2D eigenvalue weighted by atomic mass is 127. The van der Waals surface area contributed by atoms with Crippen LogP contribution < -0.4 is 10.6 Å². The maximum atomic E-state index is 13.6. The van der Waals surface area contributed by atoms with Crippen molar-refractivity contribution in [3.63, 3.8) is 0 Å². The van der Waals surface area contributed by atoms with Gasteiger partial charge in [-0.05, 0) is 43.7 Å². The number of rotatable bonds is 10. The van der Waals surface area contributed by atoms with Crippen LogP contribution in [0.4, 0.5) is 4.39 Å². The first-order valence-corrected chi connectivity index (χ1v) is 8.57. The first-order chi connectivity index (χ1) is 11.2. The van der Waals surface area contributed by atoms with E-state index in [1.165, 1.54) is 6.07 Å². The van der Waals surface area contributed by atoms with Crippen LogP contribution in [-0.4, -0.2) is 37.3 Å². The molecule has 1 atom stereocenters. The second-order valence-corrected chi connectivity index (χ2v) is 5.65. The Kier molecular flexibility index (Phi) is 13.9. The van der Waals surface area contributed by atoms with E-state index in [1.54, 1.807) is 12.1 Å². The van der Waals surface area contributed by atoms with Gasteiger partial charge in [0, 0.05) is 26.2 Å². The minimum absolute atomic E-state index is 0. The van der Waals surface area contributed by atoms with Crippen molar-refractivity contribution in [3.8, 4) is 0 Å². The van der Waals surface area contributed by atoms with Crippen LogP contribution in [0.1, 0.15) is 38.7 Å². The Morgan fingerprint density at radius 1 is 1.21 bits per heavy atom. The molecule has 0 fully saturated rings. The van der Waals surface area contributed by atoms with Crippen LogP contribution in [0.25, 0.3) is 0 Å². The molecule has 1 unspecified atom stereocenters. The van der Waals surface area contributed by atoms with Gasteiger partial charge in [0.2, 0.25) is 0 Å². The number of hydrogen-bond acceptors (Lipinski definition) is 2. The van der Waals surface area contributed by atoms with Gasteiger partial charge in [-0.2, -0.15) is 0 Å². The van der Waals surface area contributed by atoms with Crippen LogP contribution in [0.15, 0.2) is 29.3 Å². The Bertz CT molecular complexity index is 465. The summed E-state index contributed by atoms with van der Waals surface area (Å²) in [6.07, 6.45) is 3.56. The quantitative estimate of drug-likeness (QED) is 0.291. The molecule has 0 bridgehead atoms. The van der Waals surface area contributed by atoms with Crippen molar-refractivity contribution in [3.05, 3.63) is 35.6 Å². The number of nitrogens with one attached hydrogen (secondary N) is 2. The summed E-state index contributed by atoms with van der Waals surface area (Å²) in [4.78, 5) is 4.59. The van der Waals surface area contributed by atoms with Crippen LogP contribution in [0, 0.1) is 11.7 Å². The first kappa shape index (κ1) is 23.1. The highest BCUT2D eigenvalue weighted by Gasteiger charge is 2.07. The molecule has 24 heavy (non-hydrogen) atoms. The number of aliphatic hydroxyl groups is 1. The van der Waals surface area contributed by atoms with Crippen molar-refractivity contribution in [1.29, 1.82) is 0 Å². The Labute approximate surface area is 162 Å². The van der Waals surface area contributed by atoms with Crippen molar-refractivity contribution in [2.45, 2.75) is 39.5 Å². The summed E-state index contributed by atoms with van der Waals surface area (Å²) in [6.45, 7) is 6.48. The van der Waals surface area contributed by atoms with Gasteiger partial charge in [-0.15, -0.1) is 24.0 Å². The topological polar surface area (TPSA) is 56.7 Å². The fraction of sp³-hybridized carbons (Fsp3) is 0.611. The van der Waals surface area contributed by atoms with Crippen LogP contribution in [0.3, 0.4) is 0 Å². The molecule has 6 heteroatoms. The van der Waals surface area contributed by atoms with Gasteiger partial charge in [-0.1, -0.05) is 31.5 Å². The van der Waals surface area contributed by atoms with E-state index in [-0.39, 0.29) is 36.4 Å². The number of aliphatic hydroxyl groups excluding tert-OH is 1. The molecule has 3 N–H and O–H groups in total. The number of benzene rings is 1. The number of aliphatic imine (C=N–C) groups is 1. The van der Waals surface area contributed by atoms with Gasteiger partial charge in [-0.3, -0.25) is 4.99 Å². The molecule has 0 radical (unpaired) electrons. The van der Waals surface area contributed by atoms with Crippen LogP contribution in [0.5, 0.6) is 0 Å². The summed E-state index contributed by atoms with van der Waals surface area (Å²) < 4.78 is 13.6. The van der Waals surface area contributed by atoms with E-state index in [0.29, 0.717) is 31.0 Å². The normalized spacial score (nSPS) is 12.4. The molecule has 4 nitrogen and oxygen atoms in total. The summed E-state index contributed by atoms with van der Waals surface area (Å²) in [5, 5.41) is 15.6. The number of hydrogen-bond donors (Lipinski definition) is 3. The van der Waals surface area contributed by atoms with E-state index in [0.717, 1.165) is 31.8 Å². The number of guanidine groups is 1. The van der Waals surface area contributed by atoms with E-state index in [4.69, 9.17) is 5.11 Å². The molecule has 1 aromatic carbocycles. The summed E-state index contributed by atoms with van der Waals surface area (Å²) in [6, 6.07) is 6.84. The lowest BCUT2D eigenvalue weighted by Crippen LogP contribution is -2.38. The molecular weight excluding hydrogens is 420 g/mol. The second-order valence-electron chi connectivity index (χ2n) is 5.65. The molecular formula is C18H31FIN3O. The first-order valence-electron chi connectivity index (χ1n) is 8.57. The maximum Gasteiger partial charge on any atom is 0.191 e. The molecule has 0 saturated carbocycles. The lowest BCUT2D eigenvalue weighted by Gasteiger charge is -2.15. The van der Waals surface area contributed by atoms with Crippen molar-refractivity contribution >= 4 is 29.9 Å². The Balaban J connectivity index is 0.00000529. The summed E-state index contributed by atoms with van der Waals surface area (Å²) in [5.41, 5.74) is 0.708. The van der Waals surface area contributed by atoms with E-state index in [9.17, 15) is 4.39 Å². The fourth-order valence-electron chi connectivity index (χ4n) is 2.50. The smallest absolute Gasteiger partial charge is 0.191 e. The molecule has 1 rings (SSSR count). The van der Waals surface area contributed by atoms with E-state index < -0.39 is 0 Å². The lowest BCUT2D eigenvalue weighted by molar-refractivity contribution is 0.253. The zero-order chi connectivity index (χ0) is 16.9. The Morgan fingerprint density at radius 2 is 1.96 bits per heavy atom. The average Bonchev–Trinajstić information content (AvgIpc) is 2.54. The summed E-state index contributed by atoms with van der Waals surface area (Å²) >= 11 is 0. The SMILES string of the molecule is CCCC(CCO)CN=C(NCC)NCCc1ccccc1F.I. The molecule has 0 aromatic heterocycles. The van der Waals surface area contributed by atoms with Gasteiger partial charge in [-0.25, -0.2) is 4.39 Å². The van der Waals surface area contributed by atoms with Gasteiger partial charge in [0.25, 0.3) is 0 Å². The van der Waals surface area contributed by atoms with Crippen LogP contribution in [-0.2, 0) is 6.42 Å². The summed E-state index contributed by atoms with van der Waals surface area (Å²) in [5.74, 6) is 0.997. The van der Waals surface area contributed by atoms with Gasteiger partial charge < -0.3 is 15.7 Å². The van der Waals surface area contributed by atoms with Crippen molar-refractivity contribution < 1.29 is 9.50 Å². The van der Waals surface area contributed by atoms with Crippen molar-refractivity contribution in [2.75, 3.05) is 26.2 Å². The lowest BCUT2D eigenvalue weighted by atomic mass is 10.0. The van der Waals surface area contributed by atoms with Crippen LogP contribution in [0.2, 0.25) is 0 Å². The zero-order valence-corrected chi connectivity index (χ0v) is 17.1. The monoisotopic (exact) mass is 451 g/mol. The number of nitrogens with zero attached hydrogens (tertiary/aromatic N) is 1. The molecule has 0 heterocycles. The third-order valence-electron chi connectivity index (χ3n) is 3.73. The van der Waals surface area contributed by atoms with Crippen molar-refractivity contribution in [1.82, 2.24) is 10.6 Å². The minimum atomic E-state index is -0.165. The summed E-state index contributed by atoms with van der Waals surface area (Å²) in [7, 11) is 0. The van der Waals surface area contributed by atoms with E-state index in [1.807, 2.05) is 13.0 Å². The van der Waals surface area contributed by atoms with Gasteiger partial charge >= 0.3 is 0 Å². The largest absolute Gasteiger partial charge is 0.396 e. The molecule has 0 aliphatic heterocycles. The third-order valence-corrected chi connectivity index (χ3v) is 3.73. The van der Waals surface area contributed by atoms with Gasteiger partial charge in [0.15, 0.2) is 5.96 Å². The third kappa shape index (κ3) is 9.42. The molecule has 1 aromatic rings. The molecule has 0 aliphatic rings. The number of halogens is 2.